The highest BCUT2D eigenvalue weighted by Gasteiger charge is 2.36. The number of carbonyl (C=O) groups excluding carboxylic acids is 1. The topological polar surface area (TPSA) is 79.8 Å². The van der Waals surface area contributed by atoms with Crippen molar-refractivity contribution >= 4 is 28.5 Å². The van der Waals surface area contributed by atoms with Crippen molar-refractivity contribution in [3.8, 4) is 5.88 Å². The third-order valence-electron chi connectivity index (χ3n) is 6.56. The summed E-state index contributed by atoms with van der Waals surface area (Å²) in [5.41, 5.74) is 2.15. The van der Waals surface area contributed by atoms with Crippen LogP contribution >= 0.6 is 0 Å². The Morgan fingerprint density at radius 2 is 1.94 bits per heavy atom. The van der Waals surface area contributed by atoms with E-state index in [0.29, 0.717) is 18.3 Å². The summed E-state index contributed by atoms with van der Waals surface area (Å²) in [6.07, 6.45) is -3.79. The molecular weight excluding hydrogens is 475 g/mol. The number of carbonyl (C=O) groups is 1. The Labute approximate surface area is 206 Å². The van der Waals surface area contributed by atoms with Crippen LogP contribution in [0, 0.1) is 12.8 Å². The van der Waals surface area contributed by atoms with E-state index in [4.69, 9.17) is 9.47 Å². The fourth-order valence-electron chi connectivity index (χ4n) is 4.63. The molecule has 5 rings (SSSR count). The maximum atomic E-state index is 13.3. The Hall–Kier alpha value is -3.60. The van der Waals surface area contributed by atoms with E-state index in [0.717, 1.165) is 42.4 Å². The molecule has 4 heterocycles. The lowest BCUT2D eigenvalue weighted by Gasteiger charge is -2.41. The van der Waals surface area contributed by atoms with E-state index in [9.17, 15) is 18.0 Å². The van der Waals surface area contributed by atoms with Crippen LogP contribution in [0.15, 0.2) is 42.6 Å². The highest BCUT2D eigenvalue weighted by atomic mass is 19.4. The van der Waals surface area contributed by atoms with E-state index in [-0.39, 0.29) is 17.8 Å². The molecule has 0 saturated carbocycles. The Morgan fingerprint density at radius 3 is 2.69 bits per heavy atom. The summed E-state index contributed by atoms with van der Waals surface area (Å²) in [5.74, 6) is 0.939. The number of halogens is 3. The maximum Gasteiger partial charge on any atom is 0.416 e. The van der Waals surface area contributed by atoms with Crippen molar-refractivity contribution < 1.29 is 27.4 Å². The van der Waals surface area contributed by atoms with Gasteiger partial charge in [0.1, 0.15) is 11.6 Å². The number of amides is 1. The van der Waals surface area contributed by atoms with Crippen molar-refractivity contribution in [3.05, 3.63) is 53.7 Å². The fraction of sp³-hybridized carbons (Fsp3) is 0.400. The lowest BCUT2D eigenvalue weighted by Crippen LogP contribution is -2.51. The zero-order valence-corrected chi connectivity index (χ0v) is 19.9. The lowest BCUT2D eigenvalue weighted by molar-refractivity contribution is -0.138. The standard InChI is InChI=1S/C25H26F3N5O3/c1-15-3-4-17(9-19(15)25(26,27)28)33-14-18(36-24(33)34)11-29-10-16-12-32(13-16)21-7-8-30-20-5-6-22(35-2)31-23(20)21/h3-9,16,18,29H,10-14H2,1-2H3/t18-/m1/s1. The second kappa shape index (κ2) is 9.45. The smallest absolute Gasteiger partial charge is 0.416 e. The molecule has 0 aliphatic carbocycles. The van der Waals surface area contributed by atoms with Gasteiger partial charge in [0.15, 0.2) is 0 Å². The van der Waals surface area contributed by atoms with Crippen LogP contribution in [0.2, 0.25) is 0 Å². The van der Waals surface area contributed by atoms with Crippen molar-refractivity contribution in [2.45, 2.75) is 19.2 Å². The Kier molecular flexibility index (Phi) is 6.33. The van der Waals surface area contributed by atoms with Gasteiger partial charge in [-0.25, -0.2) is 9.78 Å². The van der Waals surface area contributed by atoms with Crippen molar-refractivity contribution in [2.24, 2.45) is 5.92 Å². The summed E-state index contributed by atoms with van der Waals surface area (Å²) in [4.78, 5) is 24.7. The van der Waals surface area contributed by atoms with Crippen LogP contribution < -0.4 is 19.9 Å². The Morgan fingerprint density at radius 1 is 1.14 bits per heavy atom. The number of aromatic nitrogens is 2. The minimum Gasteiger partial charge on any atom is -0.481 e. The molecule has 36 heavy (non-hydrogen) atoms. The van der Waals surface area contributed by atoms with Crippen molar-refractivity contribution in [3.63, 3.8) is 0 Å². The predicted molar refractivity (Wildman–Crippen MR) is 128 cm³/mol. The number of methoxy groups -OCH3 is 1. The average molecular weight is 502 g/mol. The number of nitrogens with zero attached hydrogens (tertiary/aromatic N) is 4. The molecule has 0 unspecified atom stereocenters. The van der Waals surface area contributed by atoms with Gasteiger partial charge in [-0.2, -0.15) is 13.2 Å². The first kappa shape index (κ1) is 24.1. The molecule has 2 aliphatic rings. The van der Waals surface area contributed by atoms with Crippen molar-refractivity contribution in [2.75, 3.05) is 49.6 Å². The highest BCUT2D eigenvalue weighted by Crippen LogP contribution is 2.35. The summed E-state index contributed by atoms with van der Waals surface area (Å²) in [5, 5.41) is 3.34. The van der Waals surface area contributed by atoms with E-state index >= 15 is 0 Å². The van der Waals surface area contributed by atoms with Gasteiger partial charge in [0.2, 0.25) is 5.88 Å². The molecule has 190 valence electrons. The van der Waals surface area contributed by atoms with Gasteiger partial charge in [0.05, 0.1) is 30.4 Å². The minimum absolute atomic E-state index is 0.112. The van der Waals surface area contributed by atoms with Gasteiger partial charge in [0, 0.05) is 50.0 Å². The molecule has 1 amide bonds. The molecular formula is C25H26F3N5O3. The number of pyridine rings is 2. The number of anilines is 2. The summed E-state index contributed by atoms with van der Waals surface area (Å²) in [7, 11) is 1.58. The molecule has 2 saturated heterocycles. The van der Waals surface area contributed by atoms with Crippen LogP contribution in [-0.4, -0.2) is 62.0 Å². The zero-order valence-electron chi connectivity index (χ0n) is 19.9. The van der Waals surface area contributed by atoms with Gasteiger partial charge in [-0.15, -0.1) is 0 Å². The second-order valence-corrected chi connectivity index (χ2v) is 9.09. The molecule has 11 heteroatoms. The molecule has 0 radical (unpaired) electrons. The van der Waals surface area contributed by atoms with E-state index in [2.05, 4.69) is 20.2 Å². The van der Waals surface area contributed by atoms with Crippen molar-refractivity contribution in [1.29, 1.82) is 0 Å². The van der Waals surface area contributed by atoms with Gasteiger partial charge in [0.25, 0.3) is 0 Å². The number of alkyl halides is 3. The molecule has 2 fully saturated rings. The molecule has 0 bridgehead atoms. The first-order valence-electron chi connectivity index (χ1n) is 11.6. The van der Waals surface area contributed by atoms with Crippen LogP contribution in [0.25, 0.3) is 11.0 Å². The van der Waals surface area contributed by atoms with E-state index in [1.54, 1.807) is 19.4 Å². The first-order valence-corrected chi connectivity index (χ1v) is 11.6. The van der Waals surface area contributed by atoms with E-state index in [1.807, 2.05) is 12.1 Å². The number of nitrogens with one attached hydrogen (secondary N) is 1. The molecule has 1 N–H and O–H groups in total. The molecule has 0 spiro atoms. The average Bonchev–Trinajstić information content (AvgIpc) is 3.19. The predicted octanol–water partition coefficient (Wildman–Crippen LogP) is 4.02. The summed E-state index contributed by atoms with van der Waals surface area (Å²) in [6, 6.07) is 9.50. The minimum atomic E-state index is -4.48. The van der Waals surface area contributed by atoms with E-state index in [1.165, 1.54) is 24.0 Å². The first-order chi connectivity index (χ1) is 17.2. The molecule has 2 aromatic heterocycles. The summed E-state index contributed by atoms with van der Waals surface area (Å²) in [6.45, 7) is 4.42. The maximum absolute atomic E-state index is 13.3. The largest absolute Gasteiger partial charge is 0.481 e. The number of hydrogen-bond acceptors (Lipinski definition) is 7. The normalized spacial score (nSPS) is 18.5. The fourth-order valence-corrected chi connectivity index (χ4v) is 4.63. The van der Waals surface area contributed by atoms with Gasteiger partial charge in [-0.05, 0) is 36.8 Å². The number of hydrogen-bond donors (Lipinski definition) is 1. The molecule has 3 aromatic rings. The lowest BCUT2D eigenvalue weighted by atomic mass is 9.99. The van der Waals surface area contributed by atoms with Crippen LogP contribution in [-0.2, 0) is 10.9 Å². The third-order valence-corrected chi connectivity index (χ3v) is 6.56. The van der Waals surface area contributed by atoms with E-state index < -0.39 is 23.9 Å². The number of rotatable bonds is 7. The monoisotopic (exact) mass is 501 g/mol. The highest BCUT2D eigenvalue weighted by molar-refractivity contribution is 5.90. The van der Waals surface area contributed by atoms with Crippen LogP contribution in [0.1, 0.15) is 11.1 Å². The molecule has 1 aromatic carbocycles. The Balaban J connectivity index is 1.13. The van der Waals surface area contributed by atoms with Crippen LogP contribution in [0.4, 0.5) is 29.3 Å². The summed E-state index contributed by atoms with van der Waals surface area (Å²) >= 11 is 0. The van der Waals surface area contributed by atoms with Gasteiger partial charge in [-0.1, -0.05) is 6.07 Å². The quantitative estimate of drug-likeness (QED) is 0.524. The van der Waals surface area contributed by atoms with Crippen LogP contribution in [0.3, 0.4) is 0 Å². The zero-order chi connectivity index (χ0) is 25.4. The number of cyclic esters (lactones) is 1. The number of benzene rings is 1. The SMILES string of the molecule is COc1ccc2nccc(N3CC(CNC[C@@H]4CN(c5ccc(C)c(C(F)(F)F)c5)C(=O)O4)C3)c2n1. The molecule has 2 aliphatic heterocycles. The van der Waals surface area contributed by atoms with Gasteiger partial charge in [-0.3, -0.25) is 9.88 Å². The molecule has 8 nitrogen and oxygen atoms in total. The number of aryl methyl sites for hydroxylation is 1. The summed E-state index contributed by atoms with van der Waals surface area (Å²) < 4.78 is 50.4. The van der Waals surface area contributed by atoms with Gasteiger partial charge >= 0.3 is 12.3 Å². The third kappa shape index (κ3) is 4.75. The Bertz CT molecular complexity index is 1280. The number of fused-ring (bicyclic) bond motifs is 1. The van der Waals surface area contributed by atoms with Crippen LogP contribution in [0.5, 0.6) is 5.88 Å². The number of ether oxygens (including phenoxy) is 2. The molecule has 1 atom stereocenters. The second-order valence-electron chi connectivity index (χ2n) is 9.09. The van der Waals surface area contributed by atoms with Gasteiger partial charge < -0.3 is 19.7 Å². The van der Waals surface area contributed by atoms with Crippen molar-refractivity contribution in [1.82, 2.24) is 15.3 Å².